The molecule has 0 aliphatic rings. The Hall–Kier alpha value is -0.910. The van der Waals surface area contributed by atoms with E-state index >= 15 is 0 Å². The quantitative estimate of drug-likeness (QED) is 0.946. The molecule has 16 heavy (non-hydrogen) atoms. The van der Waals surface area contributed by atoms with Gasteiger partial charge >= 0.3 is 0 Å². The van der Waals surface area contributed by atoms with E-state index in [0.29, 0.717) is 0 Å². The van der Waals surface area contributed by atoms with Gasteiger partial charge in [0.25, 0.3) is 0 Å². The van der Waals surface area contributed by atoms with Gasteiger partial charge in [-0.05, 0) is 17.7 Å². The van der Waals surface area contributed by atoms with Crippen molar-refractivity contribution in [2.75, 3.05) is 0 Å². The maximum Gasteiger partial charge on any atom is 0.119 e. The fourth-order valence-corrected chi connectivity index (χ4v) is 2.62. The molecular weight excluding hydrogens is 288 g/mol. The SMILES string of the molecule is OCc1ccc(Sc2cnccn2)cc1Br. The third-order valence-corrected chi connectivity index (χ3v) is 3.60. The molecule has 0 unspecified atom stereocenters. The maximum atomic E-state index is 9.04. The topological polar surface area (TPSA) is 46.0 Å². The van der Waals surface area contributed by atoms with Crippen LogP contribution < -0.4 is 0 Å². The normalized spacial score (nSPS) is 10.4. The van der Waals surface area contributed by atoms with Crippen LogP contribution >= 0.6 is 27.7 Å². The van der Waals surface area contributed by atoms with E-state index in [1.807, 2.05) is 18.2 Å². The van der Waals surface area contributed by atoms with Crippen LogP contribution in [0, 0.1) is 0 Å². The van der Waals surface area contributed by atoms with Crippen molar-refractivity contribution >= 4 is 27.7 Å². The van der Waals surface area contributed by atoms with E-state index in [1.54, 1.807) is 18.6 Å². The molecular formula is C11H9BrN2OS. The Kier molecular flexibility index (Phi) is 3.93. The molecule has 0 spiro atoms. The summed E-state index contributed by atoms with van der Waals surface area (Å²) in [5.74, 6) is 0. The molecule has 0 aliphatic carbocycles. The summed E-state index contributed by atoms with van der Waals surface area (Å²) < 4.78 is 0.906. The van der Waals surface area contributed by atoms with Gasteiger partial charge in [0, 0.05) is 21.8 Å². The summed E-state index contributed by atoms with van der Waals surface area (Å²) in [4.78, 5) is 9.24. The molecule has 0 bridgehead atoms. The van der Waals surface area contributed by atoms with Crippen LogP contribution in [0.15, 0.2) is 51.2 Å². The second-order valence-corrected chi connectivity index (χ2v) is 5.01. The van der Waals surface area contributed by atoms with Gasteiger partial charge in [-0.2, -0.15) is 0 Å². The second-order valence-electron chi connectivity index (χ2n) is 3.06. The van der Waals surface area contributed by atoms with Crippen molar-refractivity contribution in [3.8, 4) is 0 Å². The molecule has 0 saturated heterocycles. The molecule has 1 heterocycles. The number of rotatable bonds is 3. The molecule has 1 aromatic heterocycles. The highest BCUT2D eigenvalue weighted by atomic mass is 79.9. The number of benzene rings is 1. The molecule has 82 valence electrons. The van der Waals surface area contributed by atoms with Gasteiger partial charge < -0.3 is 5.11 Å². The Morgan fingerprint density at radius 1 is 1.31 bits per heavy atom. The van der Waals surface area contributed by atoms with Crippen LogP contribution in [-0.4, -0.2) is 15.1 Å². The lowest BCUT2D eigenvalue weighted by atomic mass is 10.2. The van der Waals surface area contributed by atoms with E-state index in [9.17, 15) is 0 Å². The largest absolute Gasteiger partial charge is 0.392 e. The average Bonchev–Trinajstić information content (AvgIpc) is 2.31. The molecule has 1 aromatic carbocycles. The van der Waals surface area contributed by atoms with Crippen molar-refractivity contribution in [3.05, 3.63) is 46.8 Å². The van der Waals surface area contributed by atoms with Gasteiger partial charge in [-0.3, -0.25) is 4.98 Å². The van der Waals surface area contributed by atoms with Crippen molar-refractivity contribution in [3.63, 3.8) is 0 Å². The lowest BCUT2D eigenvalue weighted by Gasteiger charge is -2.04. The summed E-state index contributed by atoms with van der Waals surface area (Å²) in [6.45, 7) is 0.0384. The van der Waals surface area contributed by atoms with E-state index in [-0.39, 0.29) is 6.61 Å². The molecule has 0 atom stereocenters. The predicted octanol–water partition coefficient (Wildman–Crippen LogP) is 2.88. The predicted molar refractivity (Wildman–Crippen MR) is 66.2 cm³/mol. The Morgan fingerprint density at radius 2 is 2.19 bits per heavy atom. The Balaban J connectivity index is 2.20. The van der Waals surface area contributed by atoms with Crippen molar-refractivity contribution in [1.82, 2.24) is 9.97 Å². The van der Waals surface area contributed by atoms with Crippen LogP contribution in [0.3, 0.4) is 0 Å². The average molecular weight is 297 g/mol. The van der Waals surface area contributed by atoms with Gasteiger partial charge in [-0.15, -0.1) is 0 Å². The summed E-state index contributed by atoms with van der Waals surface area (Å²) in [6, 6.07) is 5.81. The van der Waals surface area contributed by atoms with E-state index < -0.39 is 0 Å². The summed E-state index contributed by atoms with van der Waals surface area (Å²) in [5, 5.41) is 9.89. The third-order valence-electron chi connectivity index (χ3n) is 1.96. The van der Waals surface area contributed by atoms with Gasteiger partial charge in [0.15, 0.2) is 0 Å². The summed E-state index contributed by atoms with van der Waals surface area (Å²) in [6.07, 6.45) is 5.03. The number of hydrogen-bond acceptors (Lipinski definition) is 4. The van der Waals surface area contributed by atoms with Crippen LogP contribution in [0.4, 0.5) is 0 Å². The van der Waals surface area contributed by atoms with E-state index in [4.69, 9.17) is 5.11 Å². The number of aliphatic hydroxyl groups excluding tert-OH is 1. The molecule has 2 rings (SSSR count). The molecule has 1 N–H and O–H groups in total. The molecule has 0 aliphatic heterocycles. The fraction of sp³-hybridized carbons (Fsp3) is 0.0909. The Morgan fingerprint density at radius 3 is 2.81 bits per heavy atom. The molecule has 5 heteroatoms. The highest BCUT2D eigenvalue weighted by Crippen LogP contribution is 2.29. The molecule has 2 aromatic rings. The minimum Gasteiger partial charge on any atom is -0.392 e. The highest BCUT2D eigenvalue weighted by Gasteiger charge is 2.02. The number of halogens is 1. The molecule has 0 fully saturated rings. The lowest BCUT2D eigenvalue weighted by Crippen LogP contribution is -1.86. The number of aromatic nitrogens is 2. The Labute approximate surface area is 106 Å². The van der Waals surface area contributed by atoms with E-state index in [0.717, 1.165) is 20.0 Å². The van der Waals surface area contributed by atoms with Crippen LogP contribution in [0.5, 0.6) is 0 Å². The van der Waals surface area contributed by atoms with Gasteiger partial charge in [0.1, 0.15) is 5.03 Å². The number of nitrogens with zero attached hydrogens (tertiary/aromatic N) is 2. The Bertz CT molecular complexity index is 479. The minimum absolute atomic E-state index is 0.0384. The first-order valence-corrected chi connectivity index (χ1v) is 6.23. The third kappa shape index (κ3) is 2.81. The second kappa shape index (κ2) is 5.43. The zero-order valence-corrected chi connectivity index (χ0v) is 10.7. The highest BCUT2D eigenvalue weighted by molar-refractivity contribution is 9.10. The zero-order chi connectivity index (χ0) is 11.4. The van der Waals surface area contributed by atoms with Crippen LogP contribution in [0.2, 0.25) is 0 Å². The van der Waals surface area contributed by atoms with Crippen molar-refractivity contribution in [1.29, 1.82) is 0 Å². The van der Waals surface area contributed by atoms with Gasteiger partial charge in [0.05, 0.1) is 12.8 Å². The minimum atomic E-state index is 0.0384. The monoisotopic (exact) mass is 296 g/mol. The standard InChI is InChI=1S/C11H9BrN2OS/c12-10-5-9(2-1-8(10)7-15)16-11-6-13-3-4-14-11/h1-6,15H,7H2. The molecule has 3 nitrogen and oxygen atoms in total. The first-order valence-electron chi connectivity index (χ1n) is 4.63. The maximum absolute atomic E-state index is 9.04. The van der Waals surface area contributed by atoms with Crippen LogP contribution in [-0.2, 0) is 6.61 Å². The smallest absolute Gasteiger partial charge is 0.119 e. The zero-order valence-electron chi connectivity index (χ0n) is 8.30. The van der Waals surface area contributed by atoms with E-state index in [1.165, 1.54) is 11.8 Å². The van der Waals surface area contributed by atoms with Crippen molar-refractivity contribution in [2.45, 2.75) is 16.5 Å². The summed E-state index contributed by atoms with van der Waals surface area (Å²) in [7, 11) is 0. The molecule has 0 amide bonds. The first-order chi connectivity index (χ1) is 7.79. The van der Waals surface area contributed by atoms with Gasteiger partial charge in [0.2, 0.25) is 0 Å². The van der Waals surface area contributed by atoms with Gasteiger partial charge in [-0.1, -0.05) is 33.8 Å². The van der Waals surface area contributed by atoms with E-state index in [2.05, 4.69) is 25.9 Å². The fourth-order valence-electron chi connectivity index (χ4n) is 1.18. The number of hydrogen-bond donors (Lipinski definition) is 1. The summed E-state index contributed by atoms with van der Waals surface area (Å²) >= 11 is 4.95. The summed E-state index contributed by atoms with van der Waals surface area (Å²) in [5.41, 5.74) is 0.878. The molecule has 0 radical (unpaired) electrons. The van der Waals surface area contributed by atoms with Crippen molar-refractivity contribution < 1.29 is 5.11 Å². The van der Waals surface area contributed by atoms with Gasteiger partial charge in [-0.25, -0.2) is 4.98 Å². The van der Waals surface area contributed by atoms with Crippen LogP contribution in [0.1, 0.15) is 5.56 Å². The van der Waals surface area contributed by atoms with Crippen LogP contribution in [0.25, 0.3) is 0 Å². The number of aliphatic hydroxyl groups is 1. The van der Waals surface area contributed by atoms with Crippen molar-refractivity contribution in [2.24, 2.45) is 0 Å². The lowest BCUT2D eigenvalue weighted by molar-refractivity contribution is 0.281. The first kappa shape index (κ1) is 11.6. The molecule has 0 saturated carbocycles.